The van der Waals surface area contributed by atoms with Crippen molar-refractivity contribution >= 4 is 16.9 Å². The quantitative estimate of drug-likeness (QED) is 0.658. The molecule has 0 aliphatic carbocycles. The lowest BCUT2D eigenvalue weighted by molar-refractivity contribution is 0.186. The Morgan fingerprint density at radius 2 is 2.17 bits per heavy atom. The number of thioether (sulfide) groups is 1. The van der Waals surface area contributed by atoms with E-state index in [4.69, 9.17) is 10.5 Å². The van der Waals surface area contributed by atoms with Crippen LogP contribution in [0, 0.1) is 13.8 Å². The van der Waals surface area contributed by atoms with E-state index in [1.807, 2.05) is 6.92 Å². The number of hydrogen-bond acceptors (Lipinski definition) is 3. The second-order valence-corrected chi connectivity index (χ2v) is 5.49. The minimum atomic E-state index is 0.112. The van der Waals surface area contributed by atoms with Crippen molar-refractivity contribution in [1.82, 2.24) is 0 Å². The zero-order valence-corrected chi connectivity index (χ0v) is 12.4. The molecule has 0 saturated heterocycles. The van der Waals surface area contributed by atoms with Gasteiger partial charge in [0.1, 0.15) is 0 Å². The zero-order chi connectivity index (χ0) is 13.5. The van der Waals surface area contributed by atoms with Crippen LogP contribution in [0.5, 0.6) is 0 Å². The molecule has 100 valence electrons. The van der Waals surface area contributed by atoms with Gasteiger partial charge in [-0.25, -0.2) is 0 Å². The van der Waals surface area contributed by atoms with Gasteiger partial charge in [-0.3, -0.25) is 4.99 Å². The lowest BCUT2D eigenvalue weighted by Gasteiger charge is -2.08. The highest BCUT2D eigenvalue weighted by Gasteiger charge is 2.03. The van der Waals surface area contributed by atoms with Crippen molar-refractivity contribution in [2.75, 3.05) is 13.7 Å². The molecule has 3 nitrogen and oxygen atoms in total. The van der Waals surface area contributed by atoms with E-state index in [1.165, 1.54) is 16.7 Å². The van der Waals surface area contributed by atoms with Gasteiger partial charge in [0.15, 0.2) is 5.17 Å². The molecule has 1 atom stereocenters. The molecule has 0 saturated carbocycles. The van der Waals surface area contributed by atoms with Crippen molar-refractivity contribution in [3.63, 3.8) is 0 Å². The van der Waals surface area contributed by atoms with E-state index in [0.717, 1.165) is 5.75 Å². The van der Waals surface area contributed by atoms with Crippen molar-refractivity contribution in [2.45, 2.75) is 32.6 Å². The Bertz CT molecular complexity index is 418. The monoisotopic (exact) mass is 266 g/mol. The maximum absolute atomic E-state index is 5.90. The molecule has 0 amide bonds. The number of aryl methyl sites for hydroxylation is 2. The van der Waals surface area contributed by atoms with Crippen LogP contribution in [-0.2, 0) is 10.5 Å². The highest BCUT2D eigenvalue weighted by atomic mass is 32.2. The summed E-state index contributed by atoms with van der Waals surface area (Å²) in [6.45, 7) is 6.82. The van der Waals surface area contributed by atoms with E-state index in [9.17, 15) is 0 Å². The van der Waals surface area contributed by atoms with Crippen LogP contribution in [0.15, 0.2) is 23.2 Å². The van der Waals surface area contributed by atoms with Crippen molar-refractivity contribution in [1.29, 1.82) is 0 Å². The summed E-state index contributed by atoms with van der Waals surface area (Å²) in [4.78, 5) is 4.37. The number of hydrogen-bond donors (Lipinski definition) is 1. The molecule has 2 N–H and O–H groups in total. The number of methoxy groups -OCH3 is 1. The van der Waals surface area contributed by atoms with E-state index < -0.39 is 0 Å². The molecule has 0 aromatic heterocycles. The Morgan fingerprint density at radius 1 is 1.44 bits per heavy atom. The predicted octanol–water partition coefficient (Wildman–Crippen LogP) is 2.89. The van der Waals surface area contributed by atoms with Gasteiger partial charge in [-0.05, 0) is 31.9 Å². The molecule has 0 bridgehead atoms. The van der Waals surface area contributed by atoms with Crippen molar-refractivity contribution in [3.8, 4) is 0 Å². The van der Waals surface area contributed by atoms with Gasteiger partial charge in [-0.1, -0.05) is 35.5 Å². The summed E-state index contributed by atoms with van der Waals surface area (Å²) in [5, 5.41) is 0.625. The summed E-state index contributed by atoms with van der Waals surface area (Å²) in [6.07, 6.45) is 0. The number of nitrogens with zero attached hydrogens (tertiary/aromatic N) is 1. The molecular weight excluding hydrogens is 244 g/mol. The number of benzene rings is 1. The van der Waals surface area contributed by atoms with Crippen LogP contribution >= 0.6 is 11.8 Å². The third kappa shape index (κ3) is 5.10. The van der Waals surface area contributed by atoms with Crippen LogP contribution in [0.25, 0.3) is 0 Å². The van der Waals surface area contributed by atoms with Crippen molar-refractivity contribution in [3.05, 3.63) is 34.9 Å². The lowest BCUT2D eigenvalue weighted by Crippen LogP contribution is -2.15. The Balaban J connectivity index is 2.56. The van der Waals surface area contributed by atoms with E-state index in [2.05, 4.69) is 37.0 Å². The molecular formula is C14H22N2OS. The summed E-state index contributed by atoms with van der Waals surface area (Å²) >= 11 is 1.58. The third-order valence-electron chi connectivity index (χ3n) is 2.64. The fourth-order valence-electron chi connectivity index (χ4n) is 1.64. The maximum Gasteiger partial charge on any atom is 0.154 e. The molecule has 1 rings (SSSR count). The minimum Gasteiger partial charge on any atom is -0.382 e. The normalized spacial score (nSPS) is 13.7. The summed E-state index contributed by atoms with van der Waals surface area (Å²) < 4.78 is 5.03. The second kappa shape index (κ2) is 7.44. The van der Waals surface area contributed by atoms with Crippen molar-refractivity contribution < 1.29 is 4.74 Å². The molecule has 0 heterocycles. The summed E-state index contributed by atoms with van der Waals surface area (Å²) in [6, 6.07) is 6.59. The largest absolute Gasteiger partial charge is 0.382 e. The number of ether oxygens (including phenoxy) is 1. The summed E-state index contributed by atoms with van der Waals surface area (Å²) in [7, 11) is 1.67. The molecule has 0 fully saturated rings. The van der Waals surface area contributed by atoms with Crippen LogP contribution in [0.4, 0.5) is 0 Å². The number of rotatable bonds is 5. The smallest absolute Gasteiger partial charge is 0.154 e. The number of nitrogens with two attached hydrogens (primary N) is 1. The van der Waals surface area contributed by atoms with Gasteiger partial charge >= 0.3 is 0 Å². The third-order valence-corrected chi connectivity index (χ3v) is 3.49. The van der Waals surface area contributed by atoms with E-state index in [0.29, 0.717) is 11.8 Å². The van der Waals surface area contributed by atoms with Gasteiger partial charge in [0.05, 0.1) is 12.6 Å². The first-order valence-corrected chi connectivity index (χ1v) is 7.02. The topological polar surface area (TPSA) is 47.6 Å². The molecule has 1 aromatic rings. The summed E-state index contributed by atoms with van der Waals surface area (Å²) in [5.74, 6) is 0.864. The van der Waals surface area contributed by atoms with Crippen LogP contribution < -0.4 is 5.73 Å². The molecule has 18 heavy (non-hydrogen) atoms. The molecule has 1 aromatic carbocycles. The summed E-state index contributed by atoms with van der Waals surface area (Å²) in [5.41, 5.74) is 9.79. The van der Waals surface area contributed by atoms with Gasteiger partial charge < -0.3 is 10.5 Å². The Labute approximate surface area is 114 Å². The minimum absolute atomic E-state index is 0.112. The van der Waals surface area contributed by atoms with Gasteiger partial charge in [-0.2, -0.15) is 0 Å². The average molecular weight is 266 g/mol. The van der Waals surface area contributed by atoms with Crippen LogP contribution in [0.2, 0.25) is 0 Å². The molecule has 0 aliphatic rings. The maximum atomic E-state index is 5.90. The number of aliphatic imine (C=N–C) groups is 1. The predicted molar refractivity (Wildman–Crippen MR) is 80.2 cm³/mol. The van der Waals surface area contributed by atoms with Crippen molar-refractivity contribution in [2.24, 2.45) is 10.7 Å². The van der Waals surface area contributed by atoms with Gasteiger partial charge in [0.25, 0.3) is 0 Å². The molecule has 0 unspecified atom stereocenters. The highest BCUT2D eigenvalue weighted by molar-refractivity contribution is 8.13. The van der Waals surface area contributed by atoms with Gasteiger partial charge in [0, 0.05) is 12.9 Å². The standard InChI is InChI=1S/C14H22N2OS/c1-10-5-6-11(2)13(7-10)9-18-14(15)16-12(3)8-17-4/h5-7,12H,8-9H2,1-4H3,(H2,15,16)/t12-/m1/s1. The fraction of sp³-hybridized carbons (Fsp3) is 0.500. The Hall–Kier alpha value is -1.00. The van der Waals surface area contributed by atoms with Gasteiger partial charge in [0.2, 0.25) is 0 Å². The zero-order valence-electron chi connectivity index (χ0n) is 11.6. The second-order valence-electron chi connectivity index (χ2n) is 4.49. The van der Waals surface area contributed by atoms with Crippen LogP contribution in [0.3, 0.4) is 0 Å². The first-order chi connectivity index (χ1) is 8.52. The van der Waals surface area contributed by atoms with E-state index >= 15 is 0 Å². The van der Waals surface area contributed by atoms with Gasteiger partial charge in [-0.15, -0.1) is 0 Å². The Kier molecular flexibility index (Phi) is 6.22. The first-order valence-electron chi connectivity index (χ1n) is 6.04. The highest BCUT2D eigenvalue weighted by Crippen LogP contribution is 2.18. The van der Waals surface area contributed by atoms with E-state index in [-0.39, 0.29) is 6.04 Å². The average Bonchev–Trinajstić information content (AvgIpc) is 2.30. The number of amidine groups is 1. The van der Waals surface area contributed by atoms with Crippen LogP contribution in [-0.4, -0.2) is 24.9 Å². The fourth-order valence-corrected chi connectivity index (χ4v) is 2.51. The molecule has 0 spiro atoms. The molecule has 0 aliphatic heterocycles. The molecule has 0 radical (unpaired) electrons. The van der Waals surface area contributed by atoms with Crippen LogP contribution in [0.1, 0.15) is 23.6 Å². The lowest BCUT2D eigenvalue weighted by atomic mass is 10.1. The first kappa shape index (κ1) is 15.1. The SMILES string of the molecule is COC[C@@H](C)N=C(N)SCc1cc(C)ccc1C. The Morgan fingerprint density at radius 3 is 2.83 bits per heavy atom. The molecule has 4 heteroatoms. The van der Waals surface area contributed by atoms with E-state index in [1.54, 1.807) is 18.9 Å².